The number of hydrogen-bond acceptors (Lipinski definition) is 2. The number of carbonyl (C=O) groups excluding carboxylic acids is 1. The number of carboxylic acid groups (broad SMARTS) is 1. The molecule has 1 atom stereocenters. The summed E-state index contributed by atoms with van der Waals surface area (Å²) >= 11 is 5.84. The second-order valence-corrected chi connectivity index (χ2v) is 5.38. The molecule has 0 aliphatic heterocycles. The van der Waals surface area contributed by atoms with E-state index in [0.29, 0.717) is 17.4 Å². The monoisotopic (exact) mass is 281 g/mol. The molecule has 0 bridgehead atoms. The minimum atomic E-state index is -0.966. The number of amides is 1. The lowest BCUT2D eigenvalue weighted by atomic mass is 10.1. The van der Waals surface area contributed by atoms with Gasteiger partial charge < -0.3 is 10.4 Å². The Balaban J connectivity index is 1.89. The van der Waals surface area contributed by atoms with Gasteiger partial charge in [-0.1, -0.05) is 36.6 Å². The number of carbonyl (C=O) groups is 2. The molecule has 1 aliphatic carbocycles. The fourth-order valence-corrected chi connectivity index (χ4v) is 2.20. The van der Waals surface area contributed by atoms with Crippen LogP contribution in [0.2, 0.25) is 5.02 Å². The molecule has 0 spiro atoms. The van der Waals surface area contributed by atoms with Crippen LogP contribution in [0, 0.1) is 5.92 Å². The molecule has 0 aromatic heterocycles. The van der Waals surface area contributed by atoms with Crippen molar-refractivity contribution in [3.05, 3.63) is 34.9 Å². The Bertz CT molecular complexity index is 485. The lowest BCUT2D eigenvalue weighted by Crippen LogP contribution is -2.41. The Hall–Kier alpha value is -1.55. The maximum Gasteiger partial charge on any atom is 0.326 e. The molecule has 1 unspecified atom stereocenters. The van der Waals surface area contributed by atoms with Gasteiger partial charge in [-0.25, -0.2) is 4.79 Å². The van der Waals surface area contributed by atoms with Gasteiger partial charge in [0, 0.05) is 5.02 Å². The molecule has 4 nitrogen and oxygen atoms in total. The minimum absolute atomic E-state index is 0.148. The summed E-state index contributed by atoms with van der Waals surface area (Å²) in [5, 5.41) is 12.2. The Morgan fingerprint density at radius 1 is 1.42 bits per heavy atom. The topological polar surface area (TPSA) is 66.4 Å². The van der Waals surface area contributed by atoms with E-state index >= 15 is 0 Å². The first-order valence-electron chi connectivity index (χ1n) is 6.31. The molecule has 0 heterocycles. The predicted octanol–water partition coefficient (Wildman–Crippen LogP) is 2.25. The fraction of sp³-hybridized carbons (Fsp3) is 0.429. The lowest BCUT2D eigenvalue weighted by molar-refractivity contribution is -0.142. The number of rotatable bonds is 6. The first-order chi connectivity index (χ1) is 9.04. The van der Waals surface area contributed by atoms with Crippen molar-refractivity contribution >= 4 is 23.5 Å². The Labute approximate surface area is 116 Å². The Morgan fingerprint density at radius 2 is 2.16 bits per heavy atom. The molecule has 0 radical (unpaired) electrons. The highest BCUT2D eigenvalue weighted by molar-refractivity contribution is 6.30. The van der Waals surface area contributed by atoms with Crippen LogP contribution >= 0.6 is 11.6 Å². The molecule has 1 saturated carbocycles. The number of benzene rings is 1. The van der Waals surface area contributed by atoms with Crippen molar-refractivity contribution in [1.82, 2.24) is 5.32 Å². The van der Waals surface area contributed by atoms with Crippen molar-refractivity contribution in [2.24, 2.45) is 5.92 Å². The summed E-state index contributed by atoms with van der Waals surface area (Å²) in [6.45, 7) is 0. The first kappa shape index (κ1) is 13.9. The largest absolute Gasteiger partial charge is 0.480 e. The molecule has 1 aliphatic rings. The van der Waals surface area contributed by atoms with Crippen LogP contribution in [0.3, 0.4) is 0 Å². The van der Waals surface area contributed by atoms with Crippen LogP contribution in [-0.4, -0.2) is 23.0 Å². The average molecular weight is 282 g/mol. The van der Waals surface area contributed by atoms with E-state index in [0.717, 1.165) is 18.4 Å². The Kier molecular flexibility index (Phi) is 4.43. The van der Waals surface area contributed by atoms with E-state index < -0.39 is 12.0 Å². The van der Waals surface area contributed by atoms with E-state index in [4.69, 9.17) is 16.7 Å². The van der Waals surface area contributed by atoms with E-state index in [-0.39, 0.29) is 12.3 Å². The van der Waals surface area contributed by atoms with Gasteiger partial charge in [-0.2, -0.15) is 0 Å². The quantitative estimate of drug-likeness (QED) is 0.840. The molecule has 1 fully saturated rings. The standard InChI is InChI=1S/C14H16ClNO3/c15-11-3-1-2-10(6-11)8-13(17)16-12(14(18)19)7-9-4-5-9/h1-3,6,9,12H,4-5,7-8H2,(H,16,17)(H,18,19). The van der Waals surface area contributed by atoms with E-state index in [1.807, 2.05) is 0 Å². The normalized spacial score (nSPS) is 15.8. The van der Waals surface area contributed by atoms with Crippen LogP contribution in [0.5, 0.6) is 0 Å². The predicted molar refractivity (Wildman–Crippen MR) is 72.1 cm³/mol. The van der Waals surface area contributed by atoms with E-state index in [1.54, 1.807) is 24.3 Å². The second kappa shape index (κ2) is 6.06. The number of aliphatic carboxylic acids is 1. The van der Waals surface area contributed by atoms with Crippen LogP contribution in [0.15, 0.2) is 24.3 Å². The van der Waals surface area contributed by atoms with Crippen LogP contribution in [0.25, 0.3) is 0 Å². The summed E-state index contributed by atoms with van der Waals surface area (Å²) in [6, 6.07) is 6.22. The highest BCUT2D eigenvalue weighted by Crippen LogP contribution is 2.33. The highest BCUT2D eigenvalue weighted by atomic mass is 35.5. The third kappa shape index (κ3) is 4.56. The van der Waals surface area contributed by atoms with E-state index in [1.165, 1.54) is 0 Å². The van der Waals surface area contributed by atoms with E-state index in [2.05, 4.69) is 5.32 Å². The lowest BCUT2D eigenvalue weighted by Gasteiger charge is -2.14. The van der Waals surface area contributed by atoms with Crippen molar-refractivity contribution in [2.75, 3.05) is 0 Å². The van der Waals surface area contributed by atoms with Crippen LogP contribution in [0.4, 0.5) is 0 Å². The molecule has 1 aromatic carbocycles. The van der Waals surface area contributed by atoms with Gasteiger partial charge in [0.15, 0.2) is 0 Å². The SMILES string of the molecule is O=C(Cc1cccc(Cl)c1)NC(CC1CC1)C(=O)O. The molecule has 5 heteroatoms. The van der Waals surface area contributed by atoms with Gasteiger partial charge in [0.25, 0.3) is 0 Å². The van der Waals surface area contributed by atoms with Gasteiger partial charge >= 0.3 is 5.97 Å². The van der Waals surface area contributed by atoms with Gasteiger partial charge in [-0.3, -0.25) is 4.79 Å². The molecule has 102 valence electrons. The highest BCUT2D eigenvalue weighted by Gasteiger charge is 2.30. The molecule has 19 heavy (non-hydrogen) atoms. The third-order valence-corrected chi connectivity index (χ3v) is 3.39. The molecule has 1 amide bonds. The number of carboxylic acids is 1. The van der Waals surface area contributed by atoms with Crippen molar-refractivity contribution in [1.29, 1.82) is 0 Å². The molecular formula is C14H16ClNO3. The first-order valence-corrected chi connectivity index (χ1v) is 6.69. The summed E-state index contributed by atoms with van der Waals surface area (Å²) in [7, 11) is 0. The van der Waals surface area contributed by atoms with Crippen molar-refractivity contribution in [3.63, 3.8) is 0 Å². The van der Waals surface area contributed by atoms with Gasteiger partial charge in [0.2, 0.25) is 5.91 Å². The Morgan fingerprint density at radius 3 is 2.74 bits per heavy atom. The number of hydrogen-bond donors (Lipinski definition) is 2. The molecule has 0 saturated heterocycles. The van der Waals surface area contributed by atoms with Crippen molar-refractivity contribution in [2.45, 2.75) is 31.7 Å². The van der Waals surface area contributed by atoms with Crippen LogP contribution < -0.4 is 5.32 Å². The zero-order valence-corrected chi connectivity index (χ0v) is 11.2. The van der Waals surface area contributed by atoms with E-state index in [9.17, 15) is 9.59 Å². The summed E-state index contributed by atoms with van der Waals surface area (Å²) in [5.41, 5.74) is 0.778. The maximum absolute atomic E-state index is 11.8. The zero-order valence-electron chi connectivity index (χ0n) is 10.4. The van der Waals surface area contributed by atoms with Crippen LogP contribution in [-0.2, 0) is 16.0 Å². The third-order valence-electron chi connectivity index (χ3n) is 3.15. The average Bonchev–Trinajstić information content (AvgIpc) is 3.11. The number of halogens is 1. The molecule has 1 aromatic rings. The maximum atomic E-state index is 11.8. The van der Waals surface area contributed by atoms with Crippen LogP contribution in [0.1, 0.15) is 24.8 Å². The second-order valence-electron chi connectivity index (χ2n) is 4.94. The summed E-state index contributed by atoms with van der Waals surface area (Å²) in [6.07, 6.45) is 2.80. The van der Waals surface area contributed by atoms with Gasteiger partial charge in [-0.15, -0.1) is 0 Å². The molecule has 2 rings (SSSR count). The summed E-state index contributed by atoms with van der Waals surface area (Å²) in [4.78, 5) is 22.9. The minimum Gasteiger partial charge on any atom is -0.480 e. The number of nitrogens with one attached hydrogen (secondary N) is 1. The van der Waals surface area contributed by atoms with Crippen molar-refractivity contribution in [3.8, 4) is 0 Å². The van der Waals surface area contributed by atoms with Gasteiger partial charge in [-0.05, 0) is 30.0 Å². The van der Waals surface area contributed by atoms with Gasteiger partial charge in [0.05, 0.1) is 6.42 Å². The molecular weight excluding hydrogens is 266 g/mol. The fourth-order valence-electron chi connectivity index (χ4n) is 1.99. The summed E-state index contributed by atoms with van der Waals surface area (Å²) in [5.74, 6) is -0.797. The van der Waals surface area contributed by atoms with Gasteiger partial charge in [0.1, 0.15) is 6.04 Å². The van der Waals surface area contributed by atoms with Crippen molar-refractivity contribution < 1.29 is 14.7 Å². The zero-order chi connectivity index (χ0) is 13.8. The smallest absolute Gasteiger partial charge is 0.326 e. The molecule has 2 N–H and O–H groups in total. The summed E-state index contributed by atoms with van der Waals surface area (Å²) < 4.78 is 0.